The van der Waals surface area contributed by atoms with E-state index in [0.717, 1.165) is 109 Å². The van der Waals surface area contributed by atoms with Crippen molar-refractivity contribution in [3.8, 4) is 0 Å². The Hall–Kier alpha value is -3.67. The summed E-state index contributed by atoms with van der Waals surface area (Å²) in [6.07, 6.45) is 84.1. The summed E-state index contributed by atoms with van der Waals surface area (Å²) in [5.41, 5.74) is 0. The Labute approximate surface area is 464 Å². The Balaban J connectivity index is 4.41. The second-order valence-electron chi connectivity index (χ2n) is 20.9. The molecule has 0 saturated carbocycles. The predicted molar refractivity (Wildman–Crippen MR) is 325 cm³/mol. The van der Waals surface area contributed by atoms with Crippen LogP contribution in [0.15, 0.2) is 97.2 Å². The number of ether oxygens (including phenoxy) is 3. The van der Waals surface area contributed by atoms with Gasteiger partial charge in [-0.3, -0.25) is 14.4 Å². The van der Waals surface area contributed by atoms with E-state index in [4.69, 9.17) is 14.2 Å². The first-order chi connectivity index (χ1) is 37.0. The molecule has 0 aromatic carbocycles. The Morgan fingerprint density at radius 3 is 0.840 bits per heavy atom. The number of unbranched alkanes of at least 4 members (excludes halogenated alkanes) is 30. The fourth-order valence-electron chi connectivity index (χ4n) is 8.79. The highest BCUT2D eigenvalue weighted by molar-refractivity contribution is 5.71. The molecule has 0 aliphatic heterocycles. The molecule has 0 aromatic heterocycles. The molecule has 0 amide bonds. The fraction of sp³-hybridized carbons (Fsp3) is 0.725. The average molecular weight is 1040 g/mol. The zero-order chi connectivity index (χ0) is 54.3. The molecule has 0 bridgehead atoms. The summed E-state index contributed by atoms with van der Waals surface area (Å²) >= 11 is 0. The van der Waals surface area contributed by atoms with Gasteiger partial charge in [-0.25, -0.2) is 0 Å². The summed E-state index contributed by atoms with van der Waals surface area (Å²) in [6, 6.07) is 0. The van der Waals surface area contributed by atoms with Crippen LogP contribution >= 0.6 is 0 Å². The highest BCUT2D eigenvalue weighted by Gasteiger charge is 2.19. The third kappa shape index (κ3) is 61.1. The van der Waals surface area contributed by atoms with Crippen molar-refractivity contribution in [3.05, 3.63) is 97.2 Å². The van der Waals surface area contributed by atoms with Crippen LogP contribution in [0.4, 0.5) is 0 Å². The molecule has 75 heavy (non-hydrogen) atoms. The lowest BCUT2D eigenvalue weighted by Gasteiger charge is -2.18. The minimum atomic E-state index is -0.801. The van der Waals surface area contributed by atoms with Crippen LogP contribution < -0.4 is 0 Å². The van der Waals surface area contributed by atoms with E-state index in [1.165, 1.54) is 154 Å². The number of carbonyl (C=O) groups excluding carboxylic acids is 3. The van der Waals surface area contributed by atoms with Gasteiger partial charge in [0.1, 0.15) is 13.2 Å². The Kier molecular flexibility index (Phi) is 59.8. The Morgan fingerprint density at radius 1 is 0.280 bits per heavy atom. The normalized spacial score (nSPS) is 12.7. The standard InChI is InChI=1S/C69H118O6/c1-4-7-10-13-16-19-22-25-28-30-32-33-34-35-37-38-41-44-47-50-53-56-59-62-68(71)74-65-66(64-73-67(70)61-58-55-52-49-46-43-40-27-24-21-18-15-12-9-6-3)75-69(72)63-60-57-54-51-48-45-42-39-36-31-29-26-23-20-17-14-11-8-5-2/h8,11,17,20,22,25-27,29-30,32,36,39-40,45,48,66H,4-7,9-10,12-16,18-19,21,23-24,28,31,33-35,37-38,41-44,46-47,49-65H2,1-3H3/b11-8-,20-17-,25-22-,29-26-,32-30-,39-36-,40-27-,48-45-. The predicted octanol–water partition coefficient (Wildman–Crippen LogP) is 21.7. The lowest BCUT2D eigenvalue weighted by Crippen LogP contribution is -2.30. The molecule has 0 radical (unpaired) electrons. The number of hydrogen-bond donors (Lipinski definition) is 0. The molecule has 6 nitrogen and oxygen atoms in total. The number of allylic oxidation sites excluding steroid dienone is 16. The highest BCUT2D eigenvalue weighted by atomic mass is 16.6. The van der Waals surface area contributed by atoms with Gasteiger partial charge in [0, 0.05) is 19.3 Å². The monoisotopic (exact) mass is 1040 g/mol. The zero-order valence-corrected chi connectivity index (χ0v) is 49.3. The molecule has 0 aromatic rings. The largest absolute Gasteiger partial charge is 0.462 e. The topological polar surface area (TPSA) is 78.9 Å². The van der Waals surface area contributed by atoms with E-state index in [0.29, 0.717) is 12.8 Å². The zero-order valence-electron chi connectivity index (χ0n) is 49.3. The Morgan fingerprint density at radius 2 is 0.520 bits per heavy atom. The van der Waals surface area contributed by atoms with Gasteiger partial charge in [0.25, 0.3) is 0 Å². The third-order valence-corrected chi connectivity index (χ3v) is 13.5. The van der Waals surface area contributed by atoms with E-state index in [1.807, 2.05) is 0 Å². The van der Waals surface area contributed by atoms with Crippen molar-refractivity contribution in [2.24, 2.45) is 0 Å². The minimum Gasteiger partial charge on any atom is -0.462 e. The van der Waals surface area contributed by atoms with Crippen molar-refractivity contribution < 1.29 is 28.6 Å². The summed E-state index contributed by atoms with van der Waals surface area (Å²) in [5, 5.41) is 0. The van der Waals surface area contributed by atoms with Crippen molar-refractivity contribution >= 4 is 17.9 Å². The Bertz CT molecular complexity index is 1480. The van der Waals surface area contributed by atoms with Gasteiger partial charge < -0.3 is 14.2 Å². The molecule has 0 fully saturated rings. The molecule has 0 aliphatic rings. The number of hydrogen-bond acceptors (Lipinski definition) is 6. The van der Waals surface area contributed by atoms with E-state index in [-0.39, 0.29) is 37.5 Å². The van der Waals surface area contributed by atoms with Crippen LogP contribution in [0.25, 0.3) is 0 Å². The summed E-state index contributed by atoms with van der Waals surface area (Å²) in [6.45, 7) is 6.50. The second-order valence-corrected chi connectivity index (χ2v) is 20.9. The van der Waals surface area contributed by atoms with Crippen LogP contribution in [0.1, 0.15) is 303 Å². The molecule has 0 saturated heterocycles. The smallest absolute Gasteiger partial charge is 0.306 e. The van der Waals surface area contributed by atoms with E-state index >= 15 is 0 Å². The van der Waals surface area contributed by atoms with E-state index in [1.54, 1.807) is 0 Å². The van der Waals surface area contributed by atoms with Crippen LogP contribution in [0.2, 0.25) is 0 Å². The number of carbonyl (C=O) groups is 3. The summed E-state index contributed by atoms with van der Waals surface area (Å²) in [5.74, 6) is -0.929. The van der Waals surface area contributed by atoms with Gasteiger partial charge in [-0.1, -0.05) is 259 Å². The summed E-state index contributed by atoms with van der Waals surface area (Å²) < 4.78 is 16.9. The van der Waals surface area contributed by atoms with Gasteiger partial charge in [0.15, 0.2) is 6.10 Å². The molecular weight excluding hydrogens is 925 g/mol. The average Bonchev–Trinajstić information content (AvgIpc) is 3.41. The molecular formula is C69H118O6. The van der Waals surface area contributed by atoms with Gasteiger partial charge in [-0.2, -0.15) is 0 Å². The molecule has 0 heterocycles. The van der Waals surface area contributed by atoms with Crippen molar-refractivity contribution in [1.29, 1.82) is 0 Å². The van der Waals surface area contributed by atoms with Gasteiger partial charge in [0.05, 0.1) is 0 Å². The van der Waals surface area contributed by atoms with E-state index < -0.39 is 6.10 Å². The first kappa shape index (κ1) is 71.3. The van der Waals surface area contributed by atoms with Crippen LogP contribution in [-0.4, -0.2) is 37.2 Å². The maximum absolute atomic E-state index is 12.9. The van der Waals surface area contributed by atoms with Gasteiger partial charge in [0.2, 0.25) is 0 Å². The van der Waals surface area contributed by atoms with Gasteiger partial charge in [-0.05, 0) is 122 Å². The molecule has 430 valence electrons. The molecule has 0 spiro atoms. The van der Waals surface area contributed by atoms with Gasteiger partial charge in [-0.15, -0.1) is 0 Å². The first-order valence-corrected chi connectivity index (χ1v) is 31.7. The molecule has 1 unspecified atom stereocenters. The number of esters is 3. The maximum Gasteiger partial charge on any atom is 0.306 e. The summed E-state index contributed by atoms with van der Waals surface area (Å²) in [4.78, 5) is 38.3. The van der Waals surface area contributed by atoms with Crippen LogP contribution in [0.5, 0.6) is 0 Å². The maximum atomic E-state index is 12.9. The van der Waals surface area contributed by atoms with E-state index in [9.17, 15) is 14.4 Å². The fourth-order valence-corrected chi connectivity index (χ4v) is 8.79. The molecule has 1 atom stereocenters. The minimum absolute atomic E-state index is 0.0943. The summed E-state index contributed by atoms with van der Waals surface area (Å²) in [7, 11) is 0. The quantitative estimate of drug-likeness (QED) is 0.0261. The SMILES string of the molecule is CC/C=C\C/C=C\C/C=C\C/C=C\C/C=C\CCCCCC(=O)OC(COC(=O)CCCCCCC/C=C\CCCCCCCC)COC(=O)CCCCCCCCCCCCC/C=C\C/C=C\CCCCCCC. The third-order valence-electron chi connectivity index (χ3n) is 13.5. The molecule has 0 aliphatic carbocycles. The van der Waals surface area contributed by atoms with Gasteiger partial charge >= 0.3 is 17.9 Å². The van der Waals surface area contributed by atoms with Crippen molar-refractivity contribution in [1.82, 2.24) is 0 Å². The molecule has 0 N–H and O–H groups in total. The molecule has 6 heteroatoms. The lowest BCUT2D eigenvalue weighted by molar-refractivity contribution is -0.167. The second kappa shape index (κ2) is 62.9. The number of rotatable bonds is 57. The highest BCUT2D eigenvalue weighted by Crippen LogP contribution is 2.15. The first-order valence-electron chi connectivity index (χ1n) is 31.7. The van der Waals surface area contributed by atoms with Crippen LogP contribution in [0, 0.1) is 0 Å². The van der Waals surface area contributed by atoms with E-state index in [2.05, 4.69) is 118 Å². The van der Waals surface area contributed by atoms with Crippen molar-refractivity contribution in [3.63, 3.8) is 0 Å². The van der Waals surface area contributed by atoms with Crippen LogP contribution in [0.3, 0.4) is 0 Å². The lowest BCUT2D eigenvalue weighted by atomic mass is 10.0. The van der Waals surface area contributed by atoms with Crippen molar-refractivity contribution in [2.45, 2.75) is 309 Å². The molecule has 0 rings (SSSR count). The van der Waals surface area contributed by atoms with Crippen molar-refractivity contribution in [2.75, 3.05) is 13.2 Å². The van der Waals surface area contributed by atoms with Crippen LogP contribution in [-0.2, 0) is 28.6 Å².